The summed E-state index contributed by atoms with van der Waals surface area (Å²) in [5.74, 6) is 0.321. The van der Waals surface area contributed by atoms with Gasteiger partial charge in [0.2, 0.25) is 0 Å². The highest BCUT2D eigenvalue weighted by atomic mass is 16.5. The van der Waals surface area contributed by atoms with Gasteiger partial charge in [-0.25, -0.2) is 4.98 Å². The van der Waals surface area contributed by atoms with Crippen molar-refractivity contribution in [1.82, 2.24) is 9.88 Å². The molecule has 0 aliphatic carbocycles. The van der Waals surface area contributed by atoms with Gasteiger partial charge in [-0.1, -0.05) is 53.7 Å². The highest BCUT2D eigenvalue weighted by Crippen LogP contribution is 2.14. The molecule has 0 bridgehead atoms. The summed E-state index contributed by atoms with van der Waals surface area (Å²) in [7, 11) is 4.05. The van der Waals surface area contributed by atoms with E-state index in [4.69, 9.17) is 13.9 Å². The molecule has 0 saturated heterocycles. The standard InChI is InChI=1S/C30H44N2O5/c1-8-11-24(3)18-26(5)37-30(34)13-10-9-12-27-21-35-29(31-27)20-28(36-22-33)19-25(4)15-14-23(2)16-17-32(6)7/h8,11,14-16,19,21-22,26,28H,1,9-10,12-13,17-18,20H2,2-7H3/b15-14+,23-16+,24-11+,25-19+. The lowest BCUT2D eigenvalue weighted by Gasteiger charge is -2.13. The van der Waals surface area contributed by atoms with Crippen molar-refractivity contribution in [3.05, 3.63) is 77.6 Å². The third-order valence-corrected chi connectivity index (χ3v) is 5.45. The zero-order valence-electron chi connectivity index (χ0n) is 23.4. The van der Waals surface area contributed by atoms with Gasteiger partial charge in [-0.3, -0.25) is 9.59 Å². The maximum atomic E-state index is 12.1. The Hall–Kier alpha value is -3.19. The average molecular weight is 513 g/mol. The van der Waals surface area contributed by atoms with Gasteiger partial charge in [-0.05, 0) is 67.1 Å². The van der Waals surface area contributed by atoms with E-state index < -0.39 is 6.10 Å². The van der Waals surface area contributed by atoms with E-state index in [9.17, 15) is 9.59 Å². The topological polar surface area (TPSA) is 81.9 Å². The molecule has 204 valence electrons. The molecule has 0 amide bonds. The number of aromatic nitrogens is 1. The number of esters is 1. The number of hydrogen-bond acceptors (Lipinski definition) is 7. The van der Waals surface area contributed by atoms with Crippen LogP contribution in [-0.4, -0.2) is 55.2 Å². The van der Waals surface area contributed by atoms with Gasteiger partial charge in [0.25, 0.3) is 6.47 Å². The Morgan fingerprint density at radius 1 is 1.19 bits per heavy atom. The van der Waals surface area contributed by atoms with Crippen LogP contribution >= 0.6 is 0 Å². The first-order valence-electron chi connectivity index (χ1n) is 12.8. The summed E-state index contributed by atoms with van der Waals surface area (Å²) in [5, 5.41) is 0. The summed E-state index contributed by atoms with van der Waals surface area (Å²) in [4.78, 5) is 29.7. The number of rotatable bonds is 18. The minimum atomic E-state index is -0.471. The number of likely N-dealkylation sites (N-methyl/N-ethyl adjacent to an activating group) is 1. The van der Waals surface area contributed by atoms with Gasteiger partial charge in [0.15, 0.2) is 5.89 Å². The molecular weight excluding hydrogens is 468 g/mol. The number of carbonyl (C=O) groups excluding carboxylic acids is 2. The fraction of sp³-hybridized carbons (Fsp3) is 0.500. The van der Waals surface area contributed by atoms with Crippen LogP contribution in [0.15, 0.2) is 70.4 Å². The molecule has 1 rings (SSSR count). The normalized spacial score (nSPS) is 14.6. The Balaban J connectivity index is 2.51. The third kappa shape index (κ3) is 15.5. The molecule has 0 N–H and O–H groups in total. The summed E-state index contributed by atoms with van der Waals surface area (Å²) < 4.78 is 16.3. The SMILES string of the molecule is C=C/C=C(\C)CC(C)OC(=O)CCCCc1coc(CC(/C=C(C)/C=C/C(C)=C/CN(C)C)OC=O)n1. The summed E-state index contributed by atoms with van der Waals surface area (Å²) in [6.45, 7) is 12.9. The number of aryl methyl sites for hydroxylation is 1. The fourth-order valence-electron chi connectivity index (χ4n) is 3.58. The van der Waals surface area contributed by atoms with Crippen LogP contribution < -0.4 is 0 Å². The second-order valence-corrected chi connectivity index (χ2v) is 9.62. The van der Waals surface area contributed by atoms with Crippen LogP contribution in [0.4, 0.5) is 0 Å². The van der Waals surface area contributed by atoms with Crippen molar-refractivity contribution < 1.29 is 23.5 Å². The van der Waals surface area contributed by atoms with Gasteiger partial charge in [-0.2, -0.15) is 0 Å². The minimum Gasteiger partial charge on any atom is -0.462 e. The zero-order chi connectivity index (χ0) is 27.6. The summed E-state index contributed by atoms with van der Waals surface area (Å²) in [5.41, 5.74) is 4.08. The van der Waals surface area contributed by atoms with Crippen LogP contribution in [0.5, 0.6) is 0 Å². The van der Waals surface area contributed by atoms with Gasteiger partial charge < -0.3 is 18.8 Å². The van der Waals surface area contributed by atoms with Gasteiger partial charge in [0.05, 0.1) is 12.1 Å². The number of carbonyl (C=O) groups is 2. The molecule has 0 aromatic carbocycles. The predicted octanol–water partition coefficient (Wildman–Crippen LogP) is 5.94. The van der Waals surface area contributed by atoms with E-state index in [-0.39, 0.29) is 12.1 Å². The van der Waals surface area contributed by atoms with Crippen LogP contribution in [0.2, 0.25) is 0 Å². The van der Waals surface area contributed by atoms with Crippen LogP contribution in [-0.2, 0) is 31.9 Å². The van der Waals surface area contributed by atoms with Crippen LogP contribution in [0.1, 0.15) is 65.0 Å². The molecule has 7 nitrogen and oxygen atoms in total. The first-order valence-corrected chi connectivity index (χ1v) is 12.8. The van der Waals surface area contributed by atoms with Crippen molar-refractivity contribution in [3.8, 4) is 0 Å². The van der Waals surface area contributed by atoms with E-state index in [1.807, 2.05) is 59.2 Å². The van der Waals surface area contributed by atoms with Crippen molar-refractivity contribution in [2.75, 3.05) is 20.6 Å². The molecule has 1 aromatic heterocycles. The quantitative estimate of drug-likeness (QED) is 0.104. The molecule has 7 heteroatoms. The highest BCUT2D eigenvalue weighted by molar-refractivity contribution is 5.69. The lowest BCUT2D eigenvalue weighted by Crippen LogP contribution is -2.15. The maximum Gasteiger partial charge on any atom is 0.306 e. The first kappa shape index (κ1) is 31.8. The van der Waals surface area contributed by atoms with Crippen LogP contribution in [0.3, 0.4) is 0 Å². The van der Waals surface area contributed by atoms with Crippen molar-refractivity contribution >= 4 is 12.4 Å². The Bertz CT molecular complexity index is 968. The van der Waals surface area contributed by atoms with Gasteiger partial charge in [0, 0.05) is 19.4 Å². The molecule has 1 heterocycles. The molecule has 0 aliphatic heterocycles. The Morgan fingerprint density at radius 2 is 1.92 bits per heavy atom. The maximum absolute atomic E-state index is 12.1. The summed E-state index contributed by atoms with van der Waals surface area (Å²) in [6, 6.07) is 0. The van der Waals surface area contributed by atoms with E-state index in [1.165, 1.54) is 0 Å². The molecule has 1 aromatic rings. The van der Waals surface area contributed by atoms with E-state index in [0.29, 0.717) is 44.5 Å². The third-order valence-electron chi connectivity index (χ3n) is 5.45. The monoisotopic (exact) mass is 512 g/mol. The van der Waals surface area contributed by atoms with Crippen LogP contribution in [0, 0.1) is 0 Å². The number of allylic oxidation sites excluding steroid dienone is 6. The Kier molecular flexibility index (Phi) is 15.6. The largest absolute Gasteiger partial charge is 0.462 e. The second-order valence-electron chi connectivity index (χ2n) is 9.62. The molecule has 0 radical (unpaired) electrons. The second kappa shape index (κ2) is 18.1. The van der Waals surface area contributed by atoms with E-state index in [1.54, 1.807) is 12.3 Å². The number of nitrogens with zero attached hydrogens (tertiary/aromatic N) is 2. The molecule has 0 aliphatic rings. The number of oxazole rings is 1. The Labute approximate surface area is 222 Å². The van der Waals surface area contributed by atoms with Crippen LogP contribution in [0.25, 0.3) is 0 Å². The molecule has 0 fully saturated rings. The van der Waals surface area contributed by atoms with E-state index in [2.05, 4.69) is 29.5 Å². The zero-order valence-corrected chi connectivity index (χ0v) is 23.4. The van der Waals surface area contributed by atoms with Gasteiger partial charge in [-0.15, -0.1) is 0 Å². The first-order chi connectivity index (χ1) is 17.6. The van der Waals surface area contributed by atoms with Crippen molar-refractivity contribution in [1.29, 1.82) is 0 Å². The molecule has 2 atom stereocenters. The Morgan fingerprint density at radius 3 is 2.59 bits per heavy atom. The molecular formula is C30H44N2O5. The fourth-order valence-corrected chi connectivity index (χ4v) is 3.58. The number of hydrogen-bond donors (Lipinski definition) is 0. The number of ether oxygens (including phenoxy) is 2. The average Bonchev–Trinajstić information content (AvgIpc) is 3.26. The predicted molar refractivity (Wildman–Crippen MR) is 148 cm³/mol. The van der Waals surface area contributed by atoms with Crippen molar-refractivity contribution in [2.24, 2.45) is 0 Å². The number of unbranched alkanes of at least 4 members (excludes halogenated alkanes) is 1. The molecule has 0 spiro atoms. The lowest BCUT2D eigenvalue weighted by atomic mass is 10.1. The summed E-state index contributed by atoms with van der Waals surface area (Å²) >= 11 is 0. The molecule has 37 heavy (non-hydrogen) atoms. The smallest absolute Gasteiger partial charge is 0.306 e. The highest BCUT2D eigenvalue weighted by Gasteiger charge is 2.14. The van der Waals surface area contributed by atoms with Crippen molar-refractivity contribution in [3.63, 3.8) is 0 Å². The molecule has 2 unspecified atom stereocenters. The van der Waals surface area contributed by atoms with Gasteiger partial charge in [0.1, 0.15) is 18.5 Å². The van der Waals surface area contributed by atoms with Crippen molar-refractivity contribution in [2.45, 2.75) is 78.4 Å². The summed E-state index contributed by atoms with van der Waals surface area (Å²) in [6.07, 6.45) is 16.3. The lowest BCUT2D eigenvalue weighted by molar-refractivity contribution is -0.148. The van der Waals surface area contributed by atoms with E-state index >= 15 is 0 Å². The minimum absolute atomic E-state index is 0.153. The molecule has 0 saturated carbocycles. The van der Waals surface area contributed by atoms with E-state index in [0.717, 1.165) is 35.4 Å². The van der Waals surface area contributed by atoms with Gasteiger partial charge >= 0.3 is 5.97 Å².